The Morgan fingerprint density at radius 3 is 2.57 bits per heavy atom. The van der Waals surface area contributed by atoms with E-state index in [-0.39, 0.29) is 27.8 Å². The van der Waals surface area contributed by atoms with Crippen LogP contribution in [0.1, 0.15) is 49.4 Å². The first kappa shape index (κ1) is 29.7. The molecule has 1 aliphatic carbocycles. The van der Waals surface area contributed by atoms with Crippen LogP contribution in [0.4, 0.5) is 11.4 Å². The van der Waals surface area contributed by atoms with Crippen molar-refractivity contribution < 1.29 is 14.5 Å². The number of hydrogen-bond donors (Lipinski definition) is 1. The van der Waals surface area contributed by atoms with Crippen molar-refractivity contribution in [3.05, 3.63) is 101 Å². The van der Waals surface area contributed by atoms with Crippen LogP contribution in [-0.2, 0) is 4.79 Å². The van der Waals surface area contributed by atoms with Gasteiger partial charge in [-0.3, -0.25) is 19.7 Å². The van der Waals surface area contributed by atoms with Gasteiger partial charge in [-0.05, 0) is 61.4 Å². The molecule has 0 radical (unpaired) electrons. The first-order valence-electron chi connectivity index (χ1n) is 13.1. The van der Waals surface area contributed by atoms with Crippen LogP contribution in [-0.4, -0.2) is 33.3 Å². The van der Waals surface area contributed by atoms with Crippen LogP contribution in [0.5, 0.6) is 5.75 Å². The maximum Gasteiger partial charge on any atom is 0.313 e. The van der Waals surface area contributed by atoms with E-state index >= 15 is 0 Å². The molecule has 216 valence electrons. The standard InChI is InChI=1S/C29H24BrCl2N5O5/c30-19-6-11-24-23(13-19)29(39)36(28(35-24)17-4-2-1-3-5-17)33-15-18-12-21(32)14-25(37(40)41)27(18)42-16-26(38)34-22-9-7-20(31)8-10-22/h6-15,17H,1-5,16H2,(H,34,38). The third kappa shape index (κ3) is 6.80. The van der Waals surface area contributed by atoms with Crippen molar-refractivity contribution in [2.24, 2.45) is 5.10 Å². The summed E-state index contributed by atoms with van der Waals surface area (Å²) in [7, 11) is 0. The molecule has 3 aromatic carbocycles. The lowest BCUT2D eigenvalue weighted by molar-refractivity contribution is -0.385. The fourth-order valence-electron chi connectivity index (χ4n) is 4.88. The number of rotatable bonds is 8. The topological polar surface area (TPSA) is 129 Å². The predicted octanol–water partition coefficient (Wildman–Crippen LogP) is 7.32. The van der Waals surface area contributed by atoms with Gasteiger partial charge in [0.1, 0.15) is 5.82 Å². The third-order valence-electron chi connectivity index (χ3n) is 6.85. The van der Waals surface area contributed by atoms with Crippen LogP contribution >= 0.6 is 39.1 Å². The number of nitrogens with zero attached hydrogens (tertiary/aromatic N) is 4. The Morgan fingerprint density at radius 2 is 1.86 bits per heavy atom. The molecule has 4 aromatic rings. The highest BCUT2D eigenvalue weighted by Gasteiger charge is 2.24. The highest BCUT2D eigenvalue weighted by Crippen LogP contribution is 2.35. The summed E-state index contributed by atoms with van der Waals surface area (Å²) >= 11 is 15.5. The zero-order chi connectivity index (χ0) is 29.8. The number of halogens is 3. The van der Waals surface area contributed by atoms with Gasteiger partial charge in [0.25, 0.3) is 11.5 Å². The number of aromatic nitrogens is 2. The normalized spacial score (nSPS) is 13.9. The van der Waals surface area contributed by atoms with E-state index in [1.807, 2.05) is 6.07 Å². The molecule has 0 spiro atoms. The van der Waals surface area contributed by atoms with Crippen LogP contribution in [0.15, 0.2) is 69.0 Å². The number of nitrogens with one attached hydrogen (secondary N) is 1. The highest BCUT2D eigenvalue weighted by molar-refractivity contribution is 9.10. The molecule has 1 amide bonds. The first-order chi connectivity index (χ1) is 20.2. The molecule has 0 bridgehead atoms. The minimum atomic E-state index is -0.662. The van der Waals surface area contributed by atoms with Gasteiger partial charge in [0.05, 0.1) is 22.0 Å². The molecule has 1 aromatic heterocycles. The molecule has 1 N–H and O–H groups in total. The number of hydrogen-bond acceptors (Lipinski definition) is 7. The van der Waals surface area contributed by atoms with E-state index in [1.54, 1.807) is 36.4 Å². The molecular formula is C29H24BrCl2N5O5. The second kappa shape index (κ2) is 13.0. The molecule has 0 aliphatic heterocycles. The number of nitro groups is 1. The number of ether oxygens (including phenoxy) is 1. The summed E-state index contributed by atoms with van der Waals surface area (Å²) in [4.78, 5) is 42.3. The number of amides is 1. The number of nitro benzene ring substituents is 1. The minimum Gasteiger partial charge on any atom is -0.476 e. The molecule has 1 fully saturated rings. The molecule has 0 saturated heterocycles. The van der Waals surface area contributed by atoms with Gasteiger partial charge in [-0.2, -0.15) is 9.78 Å². The summed E-state index contributed by atoms with van der Waals surface area (Å²) in [5.74, 6) is -0.225. The number of carbonyl (C=O) groups is 1. The number of fused-ring (bicyclic) bond motifs is 1. The lowest BCUT2D eigenvalue weighted by atomic mass is 9.88. The Hall–Kier alpha value is -3.80. The fraction of sp³-hybridized carbons (Fsp3) is 0.241. The van der Waals surface area contributed by atoms with Crippen LogP contribution in [0, 0.1) is 10.1 Å². The quantitative estimate of drug-likeness (QED) is 0.119. The summed E-state index contributed by atoms with van der Waals surface area (Å²) in [6.45, 7) is -0.537. The molecule has 1 saturated carbocycles. The molecule has 0 unspecified atom stereocenters. The molecule has 1 aliphatic rings. The predicted molar refractivity (Wildman–Crippen MR) is 166 cm³/mol. The Bertz CT molecular complexity index is 1750. The van der Waals surface area contributed by atoms with Crippen molar-refractivity contribution in [3.63, 3.8) is 0 Å². The van der Waals surface area contributed by atoms with E-state index in [4.69, 9.17) is 32.9 Å². The average molecular weight is 673 g/mol. The zero-order valence-corrected chi connectivity index (χ0v) is 25.2. The summed E-state index contributed by atoms with van der Waals surface area (Å²) in [5.41, 5.74) is 0.322. The van der Waals surface area contributed by atoms with Crippen molar-refractivity contribution in [1.29, 1.82) is 0 Å². The summed E-state index contributed by atoms with van der Waals surface area (Å²) in [5, 5.41) is 19.9. The molecule has 13 heteroatoms. The Labute approximate surface area is 258 Å². The van der Waals surface area contributed by atoms with Crippen molar-refractivity contribution in [2.75, 3.05) is 11.9 Å². The lowest BCUT2D eigenvalue weighted by Gasteiger charge is -2.22. The van der Waals surface area contributed by atoms with E-state index in [9.17, 15) is 19.7 Å². The number of anilines is 1. The maximum atomic E-state index is 13.7. The smallest absolute Gasteiger partial charge is 0.313 e. The summed E-state index contributed by atoms with van der Waals surface area (Å²) in [6, 6.07) is 14.3. The SMILES string of the molecule is O=C(COc1c(C=Nn2c(C3CCCCC3)nc3ccc(Br)cc3c2=O)cc(Cl)cc1[N+](=O)[O-])Nc1ccc(Cl)cc1. The Kier molecular flexibility index (Phi) is 9.20. The van der Waals surface area contributed by atoms with Gasteiger partial charge in [0.2, 0.25) is 5.75 Å². The van der Waals surface area contributed by atoms with E-state index in [1.165, 1.54) is 17.0 Å². The number of carbonyl (C=O) groups excluding carboxylic acids is 1. The van der Waals surface area contributed by atoms with E-state index < -0.39 is 23.1 Å². The second-order valence-electron chi connectivity index (χ2n) is 9.77. The van der Waals surface area contributed by atoms with E-state index in [2.05, 4.69) is 26.3 Å². The maximum absolute atomic E-state index is 13.7. The van der Waals surface area contributed by atoms with Crippen LogP contribution < -0.4 is 15.6 Å². The van der Waals surface area contributed by atoms with Gasteiger partial charge in [-0.1, -0.05) is 58.4 Å². The Balaban J connectivity index is 1.53. The summed E-state index contributed by atoms with van der Waals surface area (Å²) < 4.78 is 7.61. The van der Waals surface area contributed by atoms with Gasteiger partial charge < -0.3 is 10.1 Å². The monoisotopic (exact) mass is 671 g/mol. The van der Waals surface area contributed by atoms with Crippen molar-refractivity contribution in [1.82, 2.24) is 9.66 Å². The van der Waals surface area contributed by atoms with Gasteiger partial charge in [0.15, 0.2) is 6.61 Å². The van der Waals surface area contributed by atoms with Crippen molar-refractivity contribution >= 4 is 73.5 Å². The highest BCUT2D eigenvalue weighted by atomic mass is 79.9. The average Bonchev–Trinajstić information content (AvgIpc) is 2.97. The Morgan fingerprint density at radius 1 is 1.12 bits per heavy atom. The largest absolute Gasteiger partial charge is 0.476 e. The van der Waals surface area contributed by atoms with Crippen molar-refractivity contribution in [3.8, 4) is 5.75 Å². The number of benzene rings is 3. The van der Waals surface area contributed by atoms with Crippen LogP contribution in [0.3, 0.4) is 0 Å². The molecule has 10 nitrogen and oxygen atoms in total. The van der Waals surface area contributed by atoms with Crippen molar-refractivity contribution in [2.45, 2.75) is 38.0 Å². The molecule has 0 atom stereocenters. The summed E-state index contributed by atoms with van der Waals surface area (Å²) in [6.07, 6.45) is 6.14. The van der Waals surface area contributed by atoms with Gasteiger partial charge >= 0.3 is 5.69 Å². The first-order valence-corrected chi connectivity index (χ1v) is 14.7. The zero-order valence-electron chi connectivity index (χ0n) is 22.1. The molecule has 1 heterocycles. The van der Waals surface area contributed by atoms with Crippen LogP contribution in [0.2, 0.25) is 10.0 Å². The lowest BCUT2D eigenvalue weighted by Crippen LogP contribution is -2.25. The van der Waals surface area contributed by atoms with E-state index in [0.29, 0.717) is 31.9 Å². The van der Waals surface area contributed by atoms with E-state index in [0.717, 1.165) is 38.2 Å². The minimum absolute atomic E-state index is 0.0256. The van der Waals surface area contributed by atoms with Gasteiger partial charge in [-0.25, -0.2) is 4.98 Å². The molecule has 42 heavy (non-hydrogen) atoms. The van der Waals surface area contributed by atoms with Crippen LogP contribution in [0.25, 0.3) is 10.9 Å². The molecular weight excluding hydrogens is 649 g/mol. The van der Waals surface area contributed by atoms with Gasteiger partial charge in [0, 0.05) is 37.8 Å². The molecule has 5 rings (SSSR count). The third-order valence-corrected chi connectivity index (χ3v) is 7.81. The van der Waals surface area contributed by atoms with Gasteiger partial charge in [-0.15, -0.1) is 0 Å². The second-order valence-corrected chi connectivity index (χ2v) is 11.6. The fourth-order valence-corrected chi connectivity index (χ4v) is 5.59.